The normalized spacial score (nSPS) is 25.7. The zero-order valence-electron chi connectivity index (χ0n) is 12.3. The lowest BCUT2D eigenvalue weighted by atomic mass is 9.82. The lowest BCUT2D eigenvalue weighted by molar-refractivity contribution is 0.113. The largest absolute Gasteiger partial charge is 0.314 e. The SMILES string of the molecule is N#Cc1ccc(CC2(N3CCNCC3)C=CC=CC2)cc1. The van der Waals surface area contributed by atoms with Gasteiger partial charge in [-0.3, -0.25) is 4.90 Å². The molecule has 2 aliphatic rings. The van der Waals surface area contributed by atoms with Gasteiger partial charge in [-0.1, -0.05) is 36.4 Å². The molecule has 3 heteroatoms. The highest BCUT2D eigenvalue weighted by Crippen LogP contribution is 2.30. The van der Waals surface area contributed by atoms with Crippen LogP contribution in [0.15, 0.2) is 48.6 Å². The highest BCUT2D eigenvalue weighted by atomic mass is 15.2. The number of nitrogens with one attached hydrogen (secondary N) is 1. The van der Waals surface area contributed by atoms with E-state index in [1.807, 2.05) is 12.1 Å². The predicted molar refractivity (Wildman–Crippen MR) is 84.9 cm³/mol. The van der Waals surface area contributed by atoms with Gasteiger partial charge >= 0.3 is 0 Å². The number of benzene rings is 1. The van der Waals surface area contributed by atoms with Crippen molar-refractivity contribution in [2.75, 3.05) is 26.2 Å². The van der Waals surface area contributed by atoms with Gasteiger partial charge in [0.1, 0.15) is 0 Å². The summed E-state index contributed by atoms with van der Waals surface area (Å²) >= 11 is 0. The first-order valence-corrected chi connectivity index (χ1v) is 7.62. The number of rotatable bonds is 3. The first-order valence-electron chi connectivity index (χ1n) is 7.62. The van der Waals surface area contributed by atoms with Gasteiger partial charge in [0.15, 0.2) is 0 Å². The third-order valence-electron chi connectivity index (χ3n) is 4.47. The summed E-state index contributed by atoms with van der Waals surface area (Å²) in [6.07, 6.45) is 11.0. The Bertz CT molecular complexity index is 573. The van der Waals surface area contributed by atoms with Crippen LogP contribution in [-0.4, -0.2) is 36.6 Å². The molecule has 1 atom stereocenters. The van der Waals surface area contributed by atoms with Crippen molar-refractivity contribution in [1.82, 2.24) is 10.2 Å². The molecule has 0 radical (unpaired) electrons. The average molecular weight is 279 g/mol. The van der Waals surface area contributed by atoms with Crippen LogP contribution in [0.3, 0.4) is 0 Å². The van der Waals surface area contributed by atoms with E-state index in [0.29, 0.717) is 0 Å². The summed E-state index contributed by atoms with van der Waals surface area (Å²) < 4.78 is 0. The van der Waals surface area contributed by atoms with Crippen LogP contribution in [0.4, 0.5) is 0 Å². The zero-order valence-corrected chi connectivity index (χ0v) is 12.3. The summed E-state index contributed by atoms with van der Waals surface area (Å²) in [5, 5.41) is 12.3. The molecule has 1 saturated heterocycles. The van der Waals surface area contributed by atoms with Crippen molar-refractivity contribution in [3.05, 3.63) is 59.7 Å². The van der Waals surface area contributed by atoms with E-state index in [9.17, 15) is 0 Å². The molecular weight excluding hydrogens is 258 g/mol. The van der Waals surface area contributed by atoms with Crippen molar-refractivity contribution in [2.24, 2.45) is 0 Å². The topological polar surface area (TPSA) is 39.1 Å². The van der Waals surface area contributed by atoms with Crippen molar-refractivity contribution < 1.29 is 0 Å². The van der Waals surface area contributed by atoms with Crippen LogP contribution in [0.2, 0.25) is 0 Å². The summed E-state index contributed by atoms with van der Waals surface area (Å²) in [5.74, 6) is 0. The fourth-order valence-corrected chi connectivity index (χ4v) is 3.29. The second-order valence-corrected chi connectivity index (χ2v) is 5.82. The molecule has 1 aromatic rings. The Morgan fingerprint density at radius 1 is 1.14 bits per heavy atom. The molecule has 0 aromatic heterocycles. The van der Waals surface area contributed by atoms with E-state index < -0.39 is 0 Å². The van der Waals surface area contributed by atoms with Crippen molar-refractivity contribution in [2.45, 2.75) is 18.4 Å². The number of allylic oxidation sites excluding steroid dienone is 2. The summed E-state index contributed by atoms with van der Waals surface area (Å²) in [6.45, 7) is 4.31. The molecule has 0 saturated carbocycles. The number of nitrogens with zero attached hydrogens (tertiary/aromatic N) is 2. The molecule has 1 N–H and O–H groups in total. The van der Waals surface area contributed by atoms with Gasteiger partial charge in [0.2, 0.25) is 0 Å². The summed E-state index contributed by atoms with van der Waals surface area (Å²) in [6, 6.07) is 10.2. The van der Waals surface area contributed by atoms with Gasteiger partial charge in [0.05, 0.1) is 11.6 Å². The molecule has 21 heavy (non-hydrogen) atoms. The molecule has 3 rings (SSSR count). The van der Waals surface area contributed by atoms with Crippen LogP contribution >= 0.6 is 0 Å². The van der Waals surface area contributed by atoms with E-state index >= 15 is 0 Å². The molecule has 1 fully saturated rings. The molecule has 1 heterocycles. The molecule has 1 aliphatic carbocycles. The van der Waals surface area contributed by atoms with Gasteiger partial charge in [-0.2, -0.15) is 5.26 Å². The molecule has 1 aromatic carbocycles. The quantitative estimate of drug-likeness (QED) is 0.922. The average Bonchev–Trinajstić information content (AvgIpc) is 2.57. The molecule has 1 unspecified atom stereocenters. The minimum atomic E-state index is 0.0883. The monoisotopic (exact) mass is 279 g/mol. The molecule has 0 bridgehead atoms. The van der Waals surface area contributed by atoms with E-state index in [0.717, 1.165) is 44.6 Å². The standard InChI is InChI=1S/C18H21N3/c19-15-17-6-4-16(5-7-17)14-18(8-2-1-3-9-18)21-12-10-20-11-13-21/h1-8,20H,9-14H2. The Kier molecular flexibility index (Phi) is 4.19. The van der Waals surface area contributed by atoms with Crippen molar-refractivity contribution >= 4 is 0 Å². The maximum atomic E-state index is 8.92. The van der Waals surface area contributed by atoms with E-state index in [1.54, 1.807) is 0 Å². The zero-order chi connectivity index (χ0) is 14.5. The molecule has 108 valence electrons. The molecule has 0 amide bonds. The van der Waals surface area contributed by atoms with Gasteiger partial charge in [0.25, 0.3) is 0 Å². The number of nitriles is 1. The minimum Gasteiger partial charge on any atom is -0.314 e. The highest BCUT2D eigenvalue weighted by Gasteiger charge is 2.34. The van der Waals surface area contributed by atoms with Crippen LogP contribution in [0.1, 0.15) is 17.5 Å². The highest BCUT2D eigenvalue weighted by molar-refractivity contribution is 5.34. The van der Waals surface area contributed by atoms with Gasteiger partial charge in [-0.15, -0.1) is 0 Å². The van der Waals surface area contributed by atoms with E-state index in [2.05, 4.69) is 52.7 Å². The third kappa shape index (κ3) is 3.07. The Morgan fingerprint density at radius 3 is 2.52 bits per heavy atom. The van der Waals surface area contributed by atoms with Gasteiger partial charge in [-0.05, 0) is 30.5 Å². The molecule has 0 spiro atoms. The van der Waals surface area contributed by atoms with Crippen LogP contribution in [-0.2, 0) is 6.42 Å². The van der Waals surface area contributed by atoms with Crippen LogP contribution in [0.25, 0.3) is 0 Å². The molecule has 1 aliphatic heterocycles. The summed E-state index contributed by atoms with van der Waals surface area (Å²) in [7, 11) is 0. The number of hydrogen-bond acceptors (Lipinski definition) is 3. The number of hydrogen-bond donors (Lipinski definition) is 1. The lowest BCUT2D eigenvalue weighted by Crippen LogP contribution is -2.56. The van der Waals surface area contributed by atoms with E-state index in [1.165, 1.54) is 5.56 Å². The van der Waals surface area contributed by atoms with Crippen molar-refractivity contribution in [3.63, 3.8) is 0 Å². The Hall–Kier alpha value is -1.89. The van der Waals surface area contributed by atoms with Crippen molar-refractivity contribution in [1.29, 1.82) is 5.26 Å². The Morgan fingerprint density at radius 2 is 1.90 bits per heavy atom. The first kappa shape index (κ1) is 14.1. The fourth-order valence-electron chi connectivity index (χ4n) is 3.29. The smallest absolute Gasteiger partial charge is 0.0991 e. The maximum absolute atomic E-state index is 8.92. The lowest BCUT2D eigenvalue weighted by Gasteiger charge is -2.45. The van der Waals surface area contributed by atoms with E-state index in [4.69, 9.17) is 5.26 Å². The van der Waals surface area contributed by atoms with Gasteiger partial charge < -0.3 is 5.32 Å². The van der Waals surface area contributed by atoms with Gasteiger partial charge in [0, 0.05) is 31.7 Å². The fraction of sp³-hybridized carbons (Fsp3) is 0.389. The predicted octanol–water partition coefficient (Wildman–Crippen LogP) is 2.26. The second kappa shape index (κ2) is 6.26. The first-order chi connectivity index (χ1) is 10.3. The van der Waals surface area contributed by atoms with Crippen molar-refractivity contribution in [3.8, 4) is 6.07 Å². The second-order valence-electron chi connectivity index (χ2n) is 5.82. The van der Waals surface area contributed by atoms with Crippen LogP contribution in [0, 0.1) is 11.3 Å². The summed E-state index contributed by atoms with van der Waals surface area (Å²) in [4.78, 5) is 2.60. The Labute approximate surface area is 126 Å². The van der Waals surface area contributed by atoms with E-state index in [-0.39, 0.29) is 5.54 Å². The van der Waals surface area contributed by atoms with Crippen LogP contribution < -0.4 is 5.32 Å². The van der Waals surface area contributed by atoms with Gasteiger partial charge in [-0.25, -0.2) is 0 Å². The Balaban J connectivity index is 1.83. The molecule has 3 nitrogen and oxygen atoms in total. The maximum Gasteiger partial charge on any atom is 0.0991 e. The molecular formula is C18H21N3. The minimum absolute atomic E-state index is 0.0883. The summed E-state index contributed by atoms with van der Waals surface area (Å²) in [5.41, 5.74) is 2.12. The van der Waals surface area contributed by atoms with Crippen LogP contribution in [0.5, 0.6) is 0 Å². The number of piperazine rings is 1. The third-order valence-corrected chi connectivity index (χ3v) is 4.47.